The largest absolute Gasteiger partial charge is 0.494 e. The number of oxime groups is 1. The number of pyridine rings is 1. The van der Waals surface area contributed by atoms with Gasteiger partial charge in [0, 0.05) is 30.3 Å². The average Bonchev–Trinajstić information content (AvgIpc) is 3.28. The van der Waals surface area contributed by atoms with Crippen LogP contribution in [0.3, 0.4) is 0 Å². The Kier molecular flexibility index (Phi) is 6.16. The van der Waals surface area contributed by atoms with Crippen LogP contribution in [0.5, 0.6) is 5.75 Å². The lowest BCUT2D eigenvalue weighted by Gasteiger charge is -2.11. The third-order valence-corrected chi connectivity index (χ3v) is 5.21. The first-order valence-electron chi connectivity index (χ1n) is 10.2. The van der Waals surface area contributed by atoms with E-state index in [-0.39, 0.29) is 29.7 Å². The number of rotatable bonds is 6. The number of hydrogen-bond donors (Lipinski definition) is 2. The second-order valence-electron chi connectivity index (χ2n) is 7.58. The highest BCUT2D eigenvalue weighted by Crippen LogP contribution is 2.30. The van der Waals surface area contributed by atoms with Crippen LogP contribution in [-0.2, 0) is 11.4 Å². The van der Waals surface area contributed by atoms with Crippen LogP contribution in [0.25, 0.3) is 0 Å². The lowest BCUT2D eigenvalue weighted by Crippen LogP contribution is -2.25. The Morgan fingerprint density at radius 3 is 2.82 bits per heavy atom. The Morgan fingerprint density at radius 1 is 1.24 bits per heavy atom. The van der Waals surface area contributed by atoms with Crippen molar-refractivity contribution >= 4 is 11.6 Å². The van der Waals surface area contributed by atoms with Crippen LogP contribution in [0.4, 0.5) is 4.39 Å². The maximum Gasteiger partial charge on any atom is 0.270 e. The topological polar surface area (TPSA) is 119 Å². The van der Waals surface area contributed by atoms with E-state index >= 15 is 0 Å². The van der Waals surface area contributed by atoms with Crippen LogP contribution in [0.1, 0.15) is 51.4 Å². The fourth-order valence-corrected chi connectivity index (χ4v) is 3.55. The van der Waals surface area contributed by atoms with E-state index in [4.69, 9.17) is 9.57 Å². The Morgan fingerprint density at radius 2 is 2.06 bits per heavy atom. The molecule has 0 bridgehead atoms. The molecule has 1 aromatic carbocycles. The molecule has 2 aromatic heterocycles. The first kappa shape index (κ1) is 22.1. The number of H-pyrrole nitrogens is 1. The summed E-state index contributed by atoms with van der Waals surface area (Å²) in [6.45, 7) is 3.66. The highest BCUT2D eigenvalue weighted by Gasteiger charge is 2.27. The highest BCUT2D eigenvalue weighted by atomic mass is 19.1. The Balaban J connectivity index is 1.47. The average molecular weight is 451 g/mol. The second kappa shape index (κ2) is 9.19. The minimum Gasteiger partial charge on any atom is -0.494 e. The fraction of sp³-hybridized carbons (Fsp3) is 0.261. The van der Waals surface area contributed by atoms with Gasteiger partial charge in [0.05, 0.1) is 12.8 Å². The third kappa shape index (κ3) is 4.89. The summed E-state index contributed by atoms with van der Waals surface area (Å²) in [4.78, 5) is 41.1. The van der Waals surface area contributed by atoms with Gasteiger partial charge in [-0.2, -0.15) is 0 Å². The maximum absolute atomic E-state index is 13.6. The molecule has 170 valence electrons. The van der Waals surface area contributed by atoms with Crippen LogP contribution in [0.15, 0.2) is 46.3 Å². The van der Waals surface area contributed by atoms with Gasteiger partial charge in [0.15, 0.2) is 17.7 Å². The number of carbonyl (C=O) groups excluding carboxylic acids is 1. The molecular formula is C23H22FN5O4. The summed E-state index contributed by atoms with van der Waals surface area (Å²) in [5.41, 5.74) is 3.27. The number of halogens is 1. The van der Waals surface area contributed by atoms with Crippen LogP contribution in [-0.4, -0.2) is 33.7 Å². The molecule has 1 unspecified atom stereocenters. The number of amides is 1. The Bertz CT molecular complexity index is 1300. The van der Waals surface area contributed by atoms with Crippen molar-refractivity contribution < 1.29 is 18.8 Å². The molecule has 9 nitrogen and oxygen atoms in total. The van der Waals surface area contributed by atoms with Gasteiger partial charge in [-0.05, 0) is 43.7 Å². The molecule has 3 heterocycles. The van der Waals surface area contributed by atoms with E-state index in [9.17, 15) is 14.0 Å². The van der Waals surface area contributed by atoms with Crippen molar-refractivity contribution in [2.45, 2.75) is 32.9 Å². The van der Waals surface area contributed by atoms with Crippen molar-refractivity contribution in [3.05, 3.63) is 86.6 Å². The summed E-state index contributed by atoms with van der Waals surface area (Å²) in [6, 6.07) is 9.08. The number of aryl methyl sites for hydroxylation is 2. The van der Waals surface area contributed by atoms with Crippen molar-refractivity contribution in [3.63, 3.8) is 0 Å². The SMILES string of the molecule is COc1cc(CNC(=O)c2cc(C3=NOC(c4ccc(=O)[nH]c4C)C3)nc(C)n2)ccc1F. The number of nitrogens with one attached hydrogen (secondary N) is 2. The van der Waals surface area contributed by atoms with Crippen molar-refractivity contribution in [3.8, 4) is 5.75 Å². The molecule has 4 rings (SSSR count). The quantitative estimate of drug-likeness (QED) is 0.595. The lowest BCUT2D eigenvalue weighted by atomic mass is 10.0. The number of hydrogen-bond acceptors (Lipinski definition) is 7. The molecular weight excluding hydrogens is 429 g/mol. The van der Waals surface area contributed by atoms with Gasteiger partial charge in [-0.25, -0.2) is 14.4 Å². The molecule has 0 fully saturated rings. The number of carbonyl (C=O) groups is 1. The molecule has 0 saturated carbocycles. The number of ether oxygens (including phenoxy) is 1. The summed E-state index contributed by atoms with van der Waals surface area (Å²) in [5.74, 6) is -0.364. The second-order valence-corrected chi connectivity index (χ2v) is 7.58. The number of nitrogens with zero attached hydrogens (tertiary/aromatic N) is 3. The van der Waals surface area contributed by atoms with E-state index in [1.807, 2.05) is 0 Å². The molecule has 10 heteroatoms. The minimum absolute atomic E-state index is 0.105. The smallest absolute Gasteiger partial charge is 0.270 e. The minimum atomic E-state index is -0.474. The molecule has 1 aliphatic rings. The zero-order valence-corrected chi connectivity index (χ0v) is 18.3. The zero-order chi connectivity index (χ0) is 23.5. The van der Waals surface area contributed by atoms with Crippen LogP contribution < -0.4 is 15.6 Å². The van der Waals surface area contributed by atoms with E-state index in [2.05, 4.69) is 25.4 Å². The van der Waals surface area contributed by atoms with Gasteiger partial charge in [0.1, 0.15) is 17.2 Å². The van der Waals surface area contributed by atoms with E-state index in [0.717, 1.165) is 5.56 Å². The van der Waals surface area contributed by atoms with E-state index in [1.165, 1.54) is 25.3 Å². The van der Waals surface area contributed by atoms with Gasteiger partial charge in [-0.1, -0.05) is 11.2 Å². The fourth-order valence-electron chi connectivity index (χ4n) is 3.55. The van der Waals surface area contributed by atoms with E-state index < -0.39 is 11.7 Å². The van der Waals surface area contributed by atoms with Crippen LogP contribution in [0.2, 0.25) is 0 Å². The first-order valence-corrected chi connectivity index (χ1v) is 10.2. The summed E-state index contributed by atoms with van der Waals surface area (Å²) in [5, 5.41) is 6.91. The van der Waals surface area contributed by atoms with Gasteiger partial charge >= 0.3 is 0 Å². The molecule has 1 aliphatic heterocycles. The van der Waals surface area contributed by atoms with Crippen molar-refractivity contribution in [2.75, 3.05) is 7.11 Å². The normalized spacial score (nSPS) is 15.0. The van der Waals surface area contributed by atoms with E-state index in [1.54, 1.807) is 32.0 Å². The molecule has 1 atom stereocenters. The third-order valence-electron chi connectivity index (χ3n) is 5.21. The van der Waals surface area contributed by atoms with Gasteiger partial charge in [0.2, 0.25) is 5.56 Å². The number of methoxy groups -OCH3 is 1. The molecule has 33 heavy (non-hydrogen) atoms. The predicted octanol–water partition coefficient (Wildman–Crippen LogP) is 2.73. The molecule has 3 aromatic rings. The van der Waals surface area contributed by atoms with Gasteiger partial charge in [-0.3, -0.25) is 9.59 Å². The van der Waals surface area contributed by atoms with Crippen LogP contribution >= 0.6 is 0 Å². The monoisotopic (exact) mass is 451 g/mol. The number of aromatic amines is 1. The zero-order valence-electron chi connectivity index (χ0n) is 18.3. The summed E-state index contributed by atoms with van der Waals surface area (Å²) < 4.78 is 18.5. The molecule has 0 saturated heterocycles. The van der Waals surface area contributed by atoms with Gasteiger partial charge in [-0.15, -0.1) is 0 Å². The summed E-state index contributed by atoms with van der Waals surface area (Å²) in [7, 11) is 1.38. The molecule has 2 N–H and O–H groups in total. The maximum atomic E-state index is 13.6. The molecule has 0 spiro atoms. The summed E-state index contributed by atoms with van der Waals surface area (Å²) in [6.07, 6.45) is 0.0672. The van der Waals surface area contributed by atoms with Crippen LogP contribution in [0, 0.1) is 19.7 Å². The van der Waals surface area contributed by atoms with Crippen molar-refractivity contribution in [1.82, 2.24) is 20.3 Å². The molecule has 0 radical (unpaired) electrons. The summed E-state index contributed by atoms with van der Waals surface area (Å²) >= 11 is 0. The standard InChI is InChI=1S/C23H22FN5O4/c1-12-15(5-7-22(30)26-12)20-10-18(29-33-20)17-9-19(28-13(2)27-17)23(31)25-11-14-4-6-16(24)21(8-14)32-3/h4-9,20H,10-11H2,1-3H3,(H,25,31)(H,26,30). The molecule has 1 amide bonds. The van der Waals surface area contributed by atoms with Crippen molar-refractivity contribution in [1.29, 1.82) is 0 Å². The predicted molar refractivity (Wildman–Crippen MR) is 118 cm³/mol. The highest BCUT2D eigenvalue weighted by molar-refractivity contribution is 6.02. The number of benzene rings is 1. The Labute approximate surface area is 188 Å². The van der Waals surface area contributed by atoms with Gasteiger partial charge in [0.25, 0.3) is 5.91 Å². The Hall–Kier alpha value is -4.08. The first-order chi connectivity index (χ1) is 15.8. The molecule has 0 aliphatic carbocycles. The number of aromatic nitrogens is 3. The van der Waals surface area contributed by atoms with Crippen molar-refractivity contribution in [2.24, 2.45) is 5.16 Å². The lowest BCUT2D eigenvalue weighted by molar-refractivity contribution is 0.0849. The van der Waals surface area contributed by atoms with E-state index in [0.29, 0.717) is 34.9 Å². The van der Waals surface area contributed by atoms with Gasteiger partial charge < -0.3 is 19.9 Å².